The van der Waals surface area contributed by atoms with Gasteiger partial charge in [-0.25, -0.2) is 0 Å². The minimum absolute atomic E-state index is 0.0126. The number of halogens is 3. The molecule has 1 aliphatic heterocycles. The van der Waals surface area contributed by atoms with Crippen molar-refractivity contribution in [2.75, 3.05) is 19.7 Å². The smallest absolute Gasteiger partial charge is 0.416 e. The van der Waals surface area contributed by atoms with Crippen LogP contribution in [0.2, 0.25) is 0 Å². The molecule has 1 saturated heterocycles. The fourth-order valence-electron chi connectivity index (χ4n) is 5.42. The van der Waals surface area contributed by atoms with Gasteiger partial charge < -0.3 is 19.7 Å². The van der Waals surface area contributed by atoms with Gasteiger partial charge in [-0.1, -0.05) is 12.1 Å². The highest BCUT2D eigenvalue weighted by Gasteiger charge is 2.50. The van der Waals surface area contributed by atoms with E-state index in [0.717, 1.165) is 31.4 Å². The first-order chi connectivity index (χ1) is 18.7. The Labute approximate surface area is 224 Å². The van der Waals surface area contributed by atoms with Crippen LogP contribution in [0.3, 0.4) is 0 Å². The molecule has 1 N–H and O–H groups in total. The lowest BCUT2D eigenvalue weighted by Gasteiger charge is -2.45. The van der Waals surface area contributed by atoms with Crippen LogP contribution in [0.1, 0.15) is 52.5 Å². The number of alkyl halides is 3. The molecule has 5 rings (SSSR count). The molecule has 1 saturated carbocycles. The molecule has 0 unspecified atom stereocenters. The third-order valence-corrected chi connectivity index (χ3v) is 7.37. The Kier molecular flexibility index (Phi) is 7.25. The van der Waals surface area contributed by atoms with E-state index in [1.165, 1.54) is 12.1 Å². The van der Waals surface area contributed by atoms with Crippen LogP contribution in [0.15, 0.2) is 72.8 Å². The molecule has 2 fully saturated rings. The Balaban J connectivity index is 1.13. The number of carbonyl (C=O) groups excluding carboxylic acids is 2. The zero-order valence-corrected chi connectivity index (χ0v) is 21.5. The quantitative estimate of drug-likeness (QED) is 0.382. The topological polar surface area (TPSA) is 67.9 Å². The number of carbonyl (C=O) groups is 2. The van der Waals surface area contributed by atoms with Gasteiger partial charge in [-0.2, -0.15) is 13.2 Å². The SMILES string of the molecule is CCOc1ccccc1C(=O)NC1CC2(CCN(C(=O)c3ccc(Oc4ccc(C(F)(F)F)cc4)cc3)C2)C1. The fourth-order valence-corrected chi connectivity index (χ4v) is 5.42. The average Bonchev–Trinajstić information content (AvgIpc) is 3.34. The van der Waals surface area contributed by atoms with Crippen LogP contribution in [0.25, 0.3) is 0 Å². The Bertz CT molecular complexity index is 1330. The molecule has 0 radical (unpaired) electrons. The van der Waals surface area contributed by atoms with Crippen molar-refractivity contribution in [1.82, 2.24) is 10.2 Å². The molecular weight excluding hydrogens is 509 g/mol. The van der Waals surface area contributed by atoms with Crippen molar-refractivity contribution < 1.29 is 32.2 Å². The monoisotopic (exact) mass is 538 g/mol. The second-order valence-electron chi connectivity index (χ2n) is 10.1. The molecular formula is C30H29F3N2O4. The molecule has 204 valence electrons. The van der Waals surface area contributed by atoms with Crippen molar-refractivity contribution in [3.05, 3.63) is 89.5 Å². The lowest BCUT2D eigenvalue weighted by Crippen LogP contribution is -2.52. The Morgan fingerprint density at radius 2 is 1.62 bits per heavy atom. The zero-order valence-electron chi connectivity index (χ0n) is 21.5. The number of likely N-dealkylation sites (tertiary alicyclic amines) is 1. The van der Waals surface area contributed by atoms with Crippen LogP contribution in [0, 0.1) is 5.41 Å². The molecule has 0 atom stereocenters. The van der Waals surface area contributed by atoms with Gasteiger partial charge >= 0.3 is 6.18 Å². The second-order valence-corrected chi connectivity index (χ2v) is 10.1. The minimum atomic E-state index is -4.40. The summed E-state index contributed by atoms with van der Waals surface area (Å²) in [6, 6.07) is 18.3. The van der Waals surface area contributed by atoms with E-state index >= 15 is 0 Å². The largest absolute Gasteiger partial charge is 0.493 e. The number of nitrogens with one attached hydrogen (secondary N) is 1. The van der Waals surface area contributed by atoms with Crippen LogP contribution in [0.4, 0.5) is 13.2 Å². The van der Waals surface area contributed by atoms with E-state index in [9.17, 15) is 22.8 Å². The number of ether oxygens (including phenoxy) is 2. The summed E-state index contributed by atoms with van der Waals surface area (Å²) in [7, 11) is 0. The highest BCUT2D eigenvalue weighted by molar-refractivity contribution is 5.97. The standard InChI is InChI=1S/C30H29F3N2O4/c1-2-38-26-6-4-3-5-25(26)27(36)34-22-17-29(18-22)15-16-35(19-29)28(37)20-7-11-23(12-8-20)39-24-13-9-21(10-14-24)30(31,32)33/h3-14,22H,2,15-19H2,1H3,(H,34,36). The third kappa shape index (κ3) is 5.87. The van der Waals surface area contributed by atoms with Gasteiger partial charge in [0.05, 0.1) is 17.7 Å². The molecule has 2 aliphatic rings. The van der Waals surface area contributed by atoms with E-state index in [0.29, 0.717) is 42.3 Å². The van der Waals surface area contributed by atoms with E-state index in [1.807, 2.05) is 24.0 Å². The summed E-state index contributed by atoms with van der Waals surface area (Å²) in [5.41, 5.74) is 0.308. The highest BCUT2D eigenvalue weighted by Crippen LogP contribution is 2.48. The molecule has 6 nitrogen and oxygen atoms in total. The van der Waals surface area contributed by atoms with Gasteiger partial charge in [0.1, 0.15) is 17.2 Å². The van der Waals surface area contributed by atoms with Crippen LogP contribution >= 0.6 is 0 Å². The van der Waals surface area contributed by atoms with Crippen molar-refractivity contribution >= 4 is 11.8 Å². The van der Waals surface area contributed by atoms with Gasteiger partial charge in [-0.3, -0.25) is 9.59 Å². The lowest BCUT2D eigenvalue weighted by molar-refractivity contribution is -0.137. The summed E-state index contributed by atoms with van der Waals surface area (Å²) in [5.74, 6) is 1.04. The second kappa shape index (κ2) is 10.6. The van der Waals surface area contributed by atoms with Gasteiger partial charge in [0.25, 0.3) is 11.8 Å². The molecule has 1 heterocycles. The summed E-state index contributed by atoms with van der Waals surface area (Å²) in [4.78, 5) is 27.7. The van der Waals surface area contributed by atoms with Crippen LogP contribution in [0.5, 0.6) is 17.2 Å². The summed E-state index contributed by atoms with van der Waals surface area (Å²) in [6.45, 7) is 3.65. The number of nitrogens with zero attached hydrogens (tertiary/aromatic N) is 1. The maximum atomic E-state index is 13.1. The first-order valence-corrected chi connectivity index (χ1v) is 12.9. The molecule has 0 aromatic heterocycles. The summed E-state index contributed by atoms with van der Waals surface area (Å²) in [5, 5.41) is 3.10. The van der Waals surface area contributed by atoms with Gasteiger partial charge in [-0.05, 0) is 92.3 Å². The normalized spacial score (nSPS) is 20.4. The molecule has 1 aliphatic carbocycles. The number of hydrogen-bond donors (Lipinski definition) is 1. The molecule has 0 bridgehead atoms. The van der Waals surface area contributed by atoms with Crippen LogP contribution in [-0.2, 0) is 6.18 Å². The molecule has 9 heteroatoms. The molecule has 1 spiro atoms. The van der Waals surface area contributed by atoms with Crippen LogP contribution in [-0.4, -0.2) is 42.5 Å². The number of hydrogen-bond acceptors (Lipinski definition) is 4. The van der Waals surface area contributed by atoms with Crippen molar-refractivity contribution in [3.63, 3.8) is 0 Å². The molecule has 2 amide bonds. The Morgan fingerprint density at radius 3 is 2.26 bits per heavy atom. The maximum absolute atomic E-state index is 13.1. The Hall–Kier alpha value is -4.01. The van der Waals surface area contributed by atoms with E-state index in [2.05, 4.69) is 5.32 Å². The molecule has 3 aromatic carbocycles. The first-order valence-electron chi connectivity index (χ1n) is 12.9. The third-order valence-electron chi connectivity index (χ3n) is 7.37. The lowest BCUT2D eigenvalue weighted by atomic mass is 9.65. The summed E-state index contributed by atoms with van der Waals surface area (Å²) < 4.78 is 49.4. The van der Waals surface area contributed by atoms with Crippen molar-refractivity contribution in [3.8, 4) is 17.2 Å². The molecule has 39 heavy (non-hydrogen) atoms. The summed E-state index contributed by atoms with van der Waals surface area (Å²) >= 11 is 0. The van der Waals surface area contributed by atoms with E-state index in [4.69, 9.17) is 9.47 Å². The van der Waals surface area contributed by atoms with Gasteiger partial charge in [-0.15, -0.1) is 0 Å². The minimum Gasteiger partial charge on any atom is -0.493 e. The van der Waals surface area contributed by atoms with Crippen LogP contribution < -0.4 is 14.8 Å². The number of rotatable bonds is 7. The van der Waals surface area contributed by atoms with Gasteiger partial charge in [0.15, 0.2) is 0 Å². The summed E-state index contributed by atoms with van der Waals surface area (Å²) in [6.07, 6.45) is -1.88. The predicted octanol–water partition coefficient (Wildman–Crippen LogP) is 6.32. The average molecular weight is 539 g/mol. The van der Waals surface area contributed by atoms with E-state index in [-0.39, 0.29) is 29.0 Å². The van der Waals surface area contributed by atoms with Gasteiger partial charge in [0.2, 0.25) is 0 Å². The van der Waals surface area contributed by atoms with E-state index in [1.54, 1.807) is 36.4 Å². The zero-order chi connectivity index (χ0) is 27.6. The number of para-hydroxylation sites is 1. The number of benzene rings is 3. The number of amides is 2. The highest BCUT2D eigenvalue weighted by atomic mass is 19.4. The fraction of sp³-hybridized carbons (Fsp3) is 0.333. The van der Waals surface area contributed by atoms with Crippen molar-refractivity contribution in [2.45, 2.75) is 38.4 Å². The maximum Gasteiger partial charge on any atom is 0.416 e. The first kappa shape index (κ1) is 26.6. The van der Waals surface area contributed by atoms with E-state index < -0.39 is 11.7 Å². The van der Waals surface area contributed by atoms with Crippen molar-refractivity contribution in [2.24, 2.45) is 5.41 Å². The Morgan fingerprint density at radius 1 is 0.974 bits per heavy atom. The molecule has 3 aromatic rings. The predicted molar refractivity (Wildman–Crippen MR) is 139 cm³/mol. The van der Waals surface area contributed by atoms with Gasteiger partial charge in [0, 0.05) is 24.7 Å². The van der Waals surface area contributed by atoms with Crippen molar-refractivity contribution in [1.29, 1.82) is 0 Å².